The summed E-state index contributed by atoms with van der Waals surface area (Å²) in [6, 6.07) is 26.3. The molecule has 3 aromatic carbocycles. The Morgan fingerprint density at radius 3 is 2.32 bits per heavy atom. The Bertz CT molecular complexity index is 1300. The van der Waals surface area contributed by atoms with Gasteiger partial charge in [0.25, 0.3) is 0 Å². The smallest absolute Gasteiger partial charge is 0.211 e. The van der Waals surface area contributed by atoms with Crippen LogP contribution in [0.25, 0.3) is 22.5 Å². The zero-order chi connectivity index (χ0) is 20.8. The molecule has 5 rings (SSSR count). The van der Waals surface area contributed by atoms with Gasteiger partial charge in [-0.25, -0.2) is 0 Å². The van der Waals surface area contributed by atoms with E-state index in [-0.39, 0.29) is 24.0 Å². The van der Waals surface area contributed by atoms with E-state index >= 15 is 0 Å². The largest absolute Gasteiger partial charge is 1.00 e. The summed E-state index contributed by atoms with van der Waals surface area (Å²) < 4.78 is 2.32. The van der Waals surface area contributed by atoms with Crippen molar-refractivity contribution in [1.29, 1.82) is 0 Å². The Balaban J connectivity index is 0.00000231. The SMILES string of the molecule is Cc1cccc(-[n+]2c(C)cc(/C=C3\Sc4ccc5ccccc5c4N3C)cc2C)c1.[I-]. The van der Waals surface area contributed by atoms with Crippen LogP contribution in [0, 0.1) is 20.8 Å². The van der Waals surface area contributed by atoms with Gasteiger partial charge in [-0.05, 0) is 35.6 Å². The zero-order valence-corrected chi connectivity index (χ0v) is 21.2. The van der Waals surface area contributed by atoms with Crippen LogP contribution in [0.4, 0.5) is 5.69 Å². The number of hydrogen-bond acceptors (Lipinski definition) is 2. The van der Waals surface area contributed by atoms with Crippen molar-refractivity contribution >= 4 is 34.3 Å². The van der Waals surface area contributed by atoms with Crippen LogP contribution in [0.15, 0.2) is 82.7 Å². The van der Waals surface area contributed by atoms with Gasteiger partial charge in [-0.3, -0.25) is 0 Å². The van der Waals surface area contributed by atoms with Gasteiger partial charge in [-0.15, -0.1) is 0 Å². The molecule has 0 unspecified atom stereocenters. The normalized spacial score (nSPS) is 14.1. The number of hydrogen-bond donors (Lipinski definition) is 0. The third kappa shape index (κ3) is 3.99. The fourth-order valence-electron chi connectivity index (χ4n) is 4.41. The number of fused-ring (bicyclic) bond motifs is 3. The van der Waals surface area contributed by atoms with Crippen LogP contribution in [0.5, 0.6) is 0 Å². The van der Waals surface area contributed by atoms with Gasteiger partial charge in [0.2, 0.25) is 5.69 Å². The highest BCUT2D eigenvalue weighted by Crippen LogP contribution is 2.49. The van der Waals surface area contributed by atoms with Crippen molar-refractivity contribution in [2.24, 2.45) is 0 Å². The van der Waals surface area contributed by atoms with Gasteiger partial charge in [0, 0.05) is 55.4 Å². The summed E-state index contributed by atoms with van der Waals surface area (Å²) >= 11 is 1.85. The van der Waals surface area contributed by atoms with Gasteiger partial charge in [-0.1, -0.05) is 54.2 Å². The fraction of sp³-hybridized carbons (Fsp3) is 0.148. The summed E-state index contributed by atoms with van der Waals surface area (Å²) in [5.74, 6) is 0. The van der Waals surface area contributed by atoms with Crippen molar-refractivity contribution in [3.8, 4) is 5.69 Å². The average molecular weight is 536 g/mol. The maximum atomic E-state index is 2.33. The van der Waals surface area contributed by atoms with E-state index in [4.69, 9.17) is 0 Å². The summed E-state index contributed by atoms with van der Waals surface area (Å²) in [5, 5.41) is 3.86. The molecule has 4 aromatic rings. The molecule has 1 aliphatic heterocycles. The number of nitrogens with zero attached hydrogens (tertiary/aromatic N) is 2. The lowest BCUT2D eigenvalue weighted by molar-refractivity contribution is -0.609. The van der Waals surface area contributed by atoms with Gasteiger partial charge in [-0.2, -0.15) is 4.57 Å². The fourth-order valence-corrected chi connectivity index (χ4v) is 5.54. The van der Waals surface area contributed by atoms with E-state index in [1.807, 2.05) is 11.8 Å². The van der Waals surface area contributed by atoms with E-state index in [0.717, 1.165) is 0 Å². The maximum Gasteiger partial charge on any atom is 0.211 e. The first-order valence-corrected chi connectivity index (χ1v) is 11.1. The van der Waals surface area contributed by atoms with Crippen molar-refractivity contribution in [3.05, 3.63) is 100 Å². The predicted molar refractivity (Wildman–Crippen MR) is 128 cm³/mol. The molecule has 1 aliphatic rings. The van der Waals surface area contributed by atoms with Crippen LogP contribution < -0.4 is 33.4 Å². The first-order chi connectivity index (χ1) is 14.5. The van der Waals surface area contributed by atoms with E-state index in [9.17, 15) is 0 Å². The first-order valence-electron chi connectivity index (χ1n) is 10.3. The second kappa shape index (κ2) is 8.67. The molecule has 1 aromatic heterocycles. The van der Waals surface area contributed by atoms with Gasteiger partial charge in [0.05, 0.1) is 10.7 Å². The molecule has 4 heteroatoms. The molecule has 2 nitrogen and oxygen atoms in total. The second-order valence-electron chi connectivity index (χ2n) is 8.02. The second-order valence-corrected chi connectivity index (χ2v) is 9.09. The molecular formula is C27H25IN2S. The lowest BCUT2D eigenvalue weighted by atomic mass is 10.1. The Labute approximate surface area is 205 Å². The number of rotatable bonds is 2. The Kier molecular flexibility index (Phi) is 6.13. The Morgan fingerprint density at radius 1 is 0.839 bits per heavy atom. The summed E-state index contributed by atoms with van der Waals surface area (Å²) in [6.07, 6.45) is 2.31. The van der Waals surface area contributed by atoms with Crippen molar-refractivity contribution in [3.63, 3.8) is 0 Å². The van der Waals surface area contributed by atoms with Gasteiger partial charge < -0.3 is 28.9 Å². The Morgan fingerprint density at radius 2 is 1.58 bits per heavy atom. The molecule has 0 spiro atoms. The van der Waals surface area contributed by atoms with Crippen LogP contribution in [0.3, 0.4) is 0 Å². The number of anilines is 1. The van der Waals surface area contributed by atoms with Crippen molar-refractivity contribution in [2.75, 3.05) is 11.9 Å². The molecule has 0 N–H and O–H groups in total. The minimum atomic E-state index is 0. The van der Waals surface area contributed by atoms with Crippen molar-refractivity contribution in [2.45, 2.75) is 25.7 Å². The third-order valence-electron chi connectivity index (χ3n) is 5.75. The Hall–Kier alpha value is -2.31. The third-order valence-corrected chi connectivity index (χ3v) is 6.90. The highest BCUT2D eigenvalue weighted by Gasteiger charge is 2.24. The molecule has 0 amide bonds. The van der Waals surface area contributed by atoms with Crippen molar-refractivity contribution in [1.82, 2.24) is 0 Å². The molecule has 2 heterocycles. The minimum absolute atomic E-state index is 0. The number of benzene rings is 3. The summed E-state index contributed by atoms with van der Waals surface area (Å²) in [6.45, 7) is 6.51. The van der Waals surface area contributed by atoms with E-state index < -0.39 is 0 Å². The molecule has 0 atom stereocenters. The quantitative estimate of drug-likeness (QED) is 0.286. The summed E-state index contributed by atoms with van der Waals surface area (Å²) in [5.41, 5.74) is 7.51. The van der Waals surface area contributed by atoms with Gasteiger partial charge in [0.1, 0.15) is 0 Å². The number of aromatic nitrogens is 1. The van der Waals surface area contributed by atoms with Crippen LogP contribution >= 0.6 is 11.8 Å². The van der Waals surface area contributed by atoms with Gasteiger partial charge >= 0.3 is 0 Å². The lowest BCUT2D eigenvalue weighted by Gasteiger charge is -2.16. The molecule has 0 saturated heterocycles. The molecule has 0 saturated carbocycles. The molecule has 0 fully saturated rings. The average Bonchev–Trinajstić information content (AvgIpc) is 3.03. The topological polar surface area (TPSA) is 7.12 Å². The number of pyridine rings is 1. The van der Waals surface area contributed by atoms with E-state index in [2.05, 4.69) is 116 Å². The van der Waals surface area contributed by atoms with E-state index in [1.54, 1.807) is 0 Å². The predicted octanol–water partition coefficient (Wildman–Crippen LogP) is 3.59. The number of thioether (sulfide) groups is 1. The van der Waals surface area contributed by atoms with Gasteiger partial charge in [0.15, 0.2) is 11.4 Å². The molecule has 156 valence electrons. The van der Waals surface area contributed by atoms with E-state index in [1.165, 1.54) is 54.6 Å². The van der Waals surface area contributed by atoms with E-state index in [0.29, 0.717) is 0 Å². The number of aryl methyl sites for hydroxylation is 3. The van der Waals surface area contributed by atoms with Crippen LogP contribution in [0.2, 0.25) is 0 Å². The number of halogens is 1. The van der Waals surface area contributed by atoms with Crippen LogP contribution in [0.1, 0.15) is 22.5 Å². The summed E-state index contributed by atoms with van der Waals surface area (Å²) in [7, 11) is 2.17. The van der Waals surface area contributed by atoms with Crippen molar-refractivity contribution < 1.29 is 28.5 Å². The standard InChI is InChI=1S/C27H25N2S.HI/c1-18-8-7-10-23(14-18)29-19(2)15-21(16-20(29)3)17-26-28(4)27-24-11-6-5-9-22(24)12-13-25(27)30-26;/h5-17H,1-4H3;1H/q+1;/p-1. The maximum absolute atomic E-state index is 2.33. The van der Waals surface area contributed by atoms with Crippen LogP contribution in [-0.2, 0) is 0 Å². The highest BCUT2D eigenvalue weighted by molar-refractivity contribution is 8.04. The van der Waals surface area contributed by atoms with Crippen LogP contribution in [-0.4, -0.2) is 7.05 Å². The first kappa shape index (κ1) is 21.9. The molecule has 0 radical (unpaired) electrons. The highest BCUT2D eigenvalue weighted by atomic mass is 127. The molecule has 31 heavy (non-hydrogen) atoms. The molecule has 0 bridgehead atoms. The molecular weight excluding hydrogens is 511 g/mol. The zero-order valence-electron chi connectivity index (χ0n) is 18.2. The summed E-state index contributed by atoms with van der Waals surface area (Å²) in [4.78, 5) is 3.65. The monoisotopic (exact) mass is 536 g/mol. The molecule has 0 aliphatic carbocycles. The minimum Gasteiger partial charge on any atom is -1.00 e. The lowest BCUT2D eigenvalue weighted by Crippen LogP contribution is -3.00.